The Morgan fingerprint density at radius 3 is 2.14 bits per heavy atom. The monoisotopic (exact) mass is 188 g/mol. The van der Waals surface area contributed by atoms with Crippen LogP contribution in [0, 0.1) is 5.92 Å². The van der Waals surface area contributed by atoms with Crippen LogP contribution in [-0.4, -0.2) is 0 Å². The van der Waals surface area contributed by atoms with E-state index in [2.05, 4.69) is 57.2 Å². The molecule has 0 fully saturated rings. The summed E-state index contributed by atoms with van der Waals surface area (Å²) in [6, 6.07) is 8.97. The summed E-state index contributed by atoms with van der Waals surface area (Å²) in [5.41, 5.74) is 2.85. The van der Waals surface area contributed by atoms with E-state index in [0.29, 0.717) is 0 Å². The minimum Gasteiger partial charge on any atom is -0.0913 e. The lowest BCUT2D eigenvalue weighted by Crippen LogP contribution is -1.93. The van der Waals surface area contributed by atoms with Crippen molar-refractivity contribution in [2.24, 2.45) is 5.92 Å². The summed E-state index contributed by atoms with van der Waals surface area (Å²) < 4.78 is 0. The largest absolute Gasteiger partial charge is 0.0913 e. The summed E-state index contributed by atoms with van der Waals surface area (Å²) in [6.07, 6.45) is 6.53. The van der Waals surface area contributed by atoms with Crippen molar-refractivity contribution in [2.45, 2.75) is 33.6 Å². The van der Waals surface area contributed by atoms with Crippen molar-refractivity contribution in [3.05, 3.63) is 47.5 Å². The van der Waals surface area contributed by atoms with Crippen LogP contribution in [0.4, 0.5) is 0 Å². The third-order valence-corrected chi connectivity index (χ3v) is 2.26. The zero-order chi connectivity index (χ0) is 10.4. The van der Waals surface area contributed by atoms with Gasteiger partial charge in [-0.1, -0.05) is 50.3 Å². The molecule has 0 nitrogen and oxygen atoms in total. The van der Waals surface area contributed by atoms with Gasteiger partial charge in [-0.25, -0.2) is 0 Å². The van der Waals surface area contributed by atoms with E-state index in [0.717, 1.165) is 12.3 Å². The van der Waals surface area contributed by atoms with Crippen LogP contribution in [0.2, 0.25) is 0 Å². The highest BCUT2D eigenvalue weighted by atomic mass is 14.0. The maximum Gasteiger partial charge on any atom is -0.00976 e. The Morgan fingerprint density at radius 2 is 1.64 bits per heavy atom. The van der Waals surface area contributed by atoms with Gasteiger partial charge in [-0.3, -0.25) is 0 Å². The quantitative estimate of drug-likeness (QED) is 0.626. The van der Waals surface area contributed by atoms with Crippen LogP contribution in [0.25, 0.3) is 0 Å². The van der Waals surface area contributed by atoms with Gasteiger partial charge in [-0.05, 0) is 36.8 Å². The fraction of sp³-hybridized carbons (Fsp3) is 0.429. The highest BCUT2D eigenvalue weighted by molar-refractivity contribution is 5.24. The van der Waals surface area contributed by atoms with Crippen molar-refractivity contribution in [3.63, 3.8) is 0 Å². The molecule has 0 saturated heterocycles. The summed E-state index contributed by atoms with van der Waals surface area (Å²) in [5.74, 6) is 0.747. The molecular weight excluding hydrogens is 168 g/mol. The molecule has 0 bridgehead atoms. The van der Waals surface area contributed by atoms with Crippen molar-refractivity contribution in [3.8, 4) is 0 Å². The smallest absolute Gasteiger partial charge is 0.00976 e. The second-order valence-corrected chi connectivity index (χ2v) is 4.19. The third kappa shape index (κ3) is 3.78. The number of rotatable bonds is 4. The van der Waals surface area contributed by atoms with E-state index >= 15 is 0 Å². The molecule has 0 aliphatic heterocycles. The van der Waals surface area contributed by atoms with E-state index in [1.54, 1.807) is 0 Å². The summed E-state index contributed by atoms with van der Waals surface area (Å²) in [7, 11) is 0. The standard InChI is InChI=1S/C14H20/c1-4-5-6-13-7-9-14(10-8-13)11-12(2)3/h4-5,7-10,12H,6,11H2,1-3H3. The molecule has 0 aliphatic rings. The molecule has 0 aromatic heterocycles. The molecule has 1 aromatic rings. The first-order chi connectivity index (χ1) is 6.72. The first kappa shape index (κ1) is 11.0. The molecule has 0 spiro atoms. The van der Waals surface area contributed by atoms with Crippen LogP contribution in [0.3, 0.4) is 0 Å². The van der Waals surface area contributed by atoms with Crippen molar-refractivity contribution in [1.82, 2.24) is 0 Å². The average Bonchev–Trinajstić information content (AvgIpc) is 2.16. The third-order valence-electron chi connectivity index (χ3n) is 2.26. The predicted octanol–water partition coefficient (Wildman–Crippen LogP) is 4.00. The average molecular weight is 188 g/mol. The van der Waals surface area contributed by atoms with Crippen LogP contribution in [-0.2, 0) is 12.8 Å². The Labute approximate surface area is 87.7 Å². The van der Waals surface area contributed by atoms with Crippen LogP contribution < -0.4 is 0 Å². The molecule has 1 rings (SSSR count). The second kappa shape index (κ2) is 5.64. The zero-order valence-electron chi connectivity index (χ0n) is 9.46. The molecule has 76 valence electrons. The van der Waals surface area contributed by atoms with Crippen molar-refractivity contribution < 1.29 is 0 Å². The second-order valence-electron chi connectivity index (χ2n) is 4.19. The van der Waals surface area contributed by atoms with E-state index in [-0.39, 0.29) is 0 Å². The van der Waals surface area contributed by atoms with Crippen LogP contribution in [0.1, 0.15) is 31.9 Å². The predicted molar refractivity (Wildman–Crippen MR) is 63.5 cm³/mol. The van der Waals surface area contributed by atoms with Crippen LogP contribution in [0.5, 0.6) is 0 Å². The van der Waals surface area contributed by atoms with Gasteiger partial charge in [-0.2, -0.15) is 0 Å². The van der Waals surface area contributed by atoms with Gasteiger partial charge in [0.05, 0.1) is 0 Å². The van der Waals surface area contributed by atoms with Crippen molar-refractivity contribution >= 4 is 0 Å². The molecule has 0 unspecified atom stereocenters. The summed E-state index contributed by atoms with van der Waals surface area (Å²) in [5, 5.41) is 0. The lowest BCUT2D eigenvalue weighted by molar-refractivity contribution is 0.647. The Bertz CT molecular complexity index is 277. The van der Waals surface area contributed by atoms with Gasteiger partial charge in [-0.15, -0.1) is 0 Å². The van der Waals surface area contributed by atoms with Crippen LogP contribution in [0.15, 0.2) is 36.4 Å². The molecule has 0 amide bonds. The highest BCUT2D eigenvalue weighted by Gasteiger charge is 1.97. The minimum absolute atomic E-state index is 0.747. The van der Waals surface area contributed by atoms with Crippen molar-refractivity contribution in [2.75, 3.05) is 0 Å². The maximum absolute atomic E-state index is 2.26. The van der Waals surface area contributed by atoms with E-state index < -0.39 is 0 Å². The molecule has 0 N–H and O–H groups in total. The molecule has 0 aliphatic carbocycles. The summed E-state index contributed by atoms with van der Waals surface area (Å²) >= 11 is 0. The highest BCUT2D eigenvalue weighted by Crippen LogP contribution is 2.10. The Balaban J connectivity index is 2.59. The van der Waals surface area contributed by atoms with E-state index in [1.165, 1.54) is 17.5 Å². The van der Waals surface area contributed by atoms with E-state index in [4.69, 9.17) is 0 Å². The van der Waals surface area contributed by atoms with Gasteiger partial charge in [0.25, 0.3) is 0 Å². The molecule has 1 aromatic carbocycles. The Kier molecular flexibility index (Phi) is 4.45. The van der Waals surface area contributed by atoms with Gasteiger partial charge >= 0.3 is 0 Å². The SMILES string of the molecule is CC=CCc1ccc(CC(C)C)cc1. The molecule has 0 saturated carbocycles. The van der Waals surface area contributed by atoms with Gasteiger partial charge in [0, 0.05) is 0 Å². The van der Waals surface area contributed by atoms with Gasteiger partial charge < -0.3 is 0 Å². The first-order valence-electron chi connectivity index (χ1n) is 5.41. The Hall–Kier alpha value is -1.04. The van der Waals surface area contributed by atoms with Gasteiger partial charge in [0.2, 0.25) is 0 Å². The fourth-order valence-electron chi connectivity index (χ4n) is 1.54. The first-order valence-corrected chi connectivity index (χ1v) is 5.41. The maximum atomic E-state index is 2.26. The molecular formula is C14H20. The van der Waals surface area contributed by atoms with E-state index in [9.17, 15) is 0 Å². The molecule has 0 radical (unpaired) electrons. The lowest BCUT2D eigenvalue weighted by Gasteiger charge is -2.05. The van der Waals surface area contributed by atoms with E-state index in [1.807, 2.05) is 0 Å². The number of benzene rings is 1. The molecule has 0 heterocycles. The van der Waals surface area contributed by atoms with Gasteiger partial charge in [0.15, 0.2) is 0 Å². The summed E-state index contributed by atoms with van der Waals surface area (Å²) in [4.78, 5) is 0. The topological polar surface area (TPSA) is 0 Å². The number of allylic oxidation sites excluding steroid dienone is 2. The molecule has 14 heavy (non-hydrogen) atoms. The van der Waals surface area contributed by atoms with Gasteiger partial charge in [0.1, 0.15) is 0 Å². The lowest BCUT2D eigenvalue weighted by atomic mass is 10.0. The van der Waals surface area contributed by atoms with Crippen LogP contribution >= 0.6 is 0 Å². The fourth-order valence-corrected chi connectivity index (χ4v) is 1.54. The number of hydrogen-bond donors (Lipinski definition) is 0. The number of hydrogen-bond acceptors (Lipinski definition) is 0. The molecule has 0 atom stereocenters. The normalized spacial score (nSPS) is 11.4. The van der Waals surface area contributed by atoms with Crippen molar-refractivity contribution in [1.29, 1.82) is 0 Å². The molecule has 0 heteroatoms. The summed E-state index contributed by atoms with van der Waals surface area (Å²) in [6.45, 7) is 6.58. The minimum atomic E-state index is 0.747. The zero-order valence-corrected chi connectivity index (χ0v) is 9.46. The Morgan fingerprint density at radius 1 is 1.07 bits per heavy atom.